The second kappa shape index (κ2) is 17.9. The van der Waals surface area contributed by atoms with Gasteiger partial charge in [-0.1, -0.05) is 105 Å². The Balaban J connectivity index is 1.29. The Hall–Kier alpha value is -6.29. The van der Waals surface area contributed by atoms with Crippen molar-refractivity contribution >= 4 is 90.5 Å². The SMILES string of the molecule is C=C/C=C(\C=C/C)c1nc(-c2ccccc2)nc(-c2ccc3sc(C(=C/C)/C=C(\C=C)n4c(C)c(/C=C(\C)c5nc6ccccc6s5)c(/C=C\C)c4[B]C)nc3c2)n1. The van der Waals surface area contributed by atoms with Gasteiger partial charge in [-0.2, -0.15) is 0 Å². The van der Waals surface area contributed by atoms with Crippen molar-refractivity contribution in [1.29, 1.82) is 0 Å². The first-order chi connectivity index (χ1) is 28.3. The summed E-state index contributed by atoms with van der Waals surface area (Å²) in [6, 6.07) is 24.5. The van der Waals surface area contributed by atoms with Gasteiger partial charge in [-0.25, -0.2) is 24.9 Å². The van der Waals surface area contributed by atoms with E-state index in [2.05, 4.69) is 126 Å². The van der Waals surface area contributed by atoms with E-state index in [1.807, 2.05) is 67.6 Å². The van der Waals surface area contributed by atoms with E-state index in [0.717, 1.165) is 81.7 Å². The van der Waals surface area contributed by atoms with Crippen molar-refractivity contribution in [3.05, 3.63) is 167 Å². The van der Waals surface area contributed by atoms with Gasteiger partial charge in [0.15, 0.2) is 24.8 Å². The van der Waals surface area contributed by atoms with Crippen LogP contribution < -0.4 is 5.59 Å². The lowest BCUT2D eigenvalue weighted by molar-refractivity contribution is 1.04. The molecule has 6 nitrogen and oxygen atoms in total. The van der Waals surface area contributed by atoms with Crippen molar-refractivity contribution in [2.24, 2.45) is 0 Å². The van der Waals surface area contributed by atoms with Crippen molar-refractivity contribution in [2.75, 3.05) is 0 Å². The summed E-state index contributed by atoms with van der Waals surface area (Å²) in [5.41, 5.74) is 12.1. The van der Waals surface area contributed by atoms with E-state index in [1.54, 1.807) is 28.7 Å². The molecule has 7 rings (SSSR count). The molecule has 3 aromatic carbocycles. The van der Waals surface area contributed by atoms with E-state index < -0.39 is 0 Å². The van der Waals surface area contributed by atoms with Crippen molar-refractivity contribution in [3.8, 4) is 22.8 Å². The van der Waals surface area contributed by atoms with Crippen LogP contribution >= 0.6 is 22.7 Å². The average Bonchev–Trinajstić information content (AvgIpc) is 3.95. The summed E-state index contributed by atoms with van der Waals surface area (Å²) in [5, 5.41) is 1.93. The molecule has 0 saturated heterocycles. The fourth-order valence-electron chi connectivity index (χ4n) is 6.91. The Morgan fingerprint density at radius 2 is 1.45 bits per heavy atom. The van der Waals surface area contributed by atoms with Crippen molar-refractivity contribution in [3.63, 3.8) is 0 Å². The molecule has 0 aliphatic rings. The molecule has 4 aromatic heterocycles. The Labute approximate surface area is 349 Å². The molecule has 0 unspecified atom stereocenters. The first kappa shape index (κ1) is 39.9. The number of rotatable bonds is 13. The Bertz CT molecular complexity index is 2830. The molecule has 0 amide bonds. The fourth-order valence-corrected chi connectivity index (χ4v) is 8.84. The highest BCUT2D eigenvalue weighted by molar-refractivity contribution is 7.20. The number of nitrogens with zero attached hydrogens (tertiary/aromatic N) is 6. The fraction of sp³-hybridized carbons (Fsp3) is 0.122. The van der Waals surface area contributed by atoms with Gasteiger partial charge in [-0.3, -0.25) is 0 Å². The molecule has 0 aliphatic carbocycles. The molecular weight excluding hydrogens is 748 g/mol. The minimum absolute atomic E-state index is 0.575. The van der Waals surface area contributed by atoms with Crippen LogP contribution in [0, 0.1) is 6.92 Å². The Morgan fingerprint density at radius 3 is 2.14 bits per heavy atom. The largest absolute Gasteiger partial charge is 0.327 e. The van der Waals surface area contributed by atoms with Crippen LogP contribution in [0.3, 0.4) is 0 Å². The van der Waals surface area contributed by atoms with Gasteiger partial charge in [0.25, 0.3) is 0 Å². The van der Waals surface area contributed by atoms with E-state index in [1.165, 1.54) is 4.70 Å². The third kappa shape index (κ3) is 8.10. The number of aromatic nitrogens is 6. The molecule has 0 bridgehead atoms. The van der Waals surface area contributed by atoms with Crippen LogP contribution in [0.15, 0.2) is 135 Å². The minimum Gasteiger partial charge on any atom is -0.327 e. The van der Waals surface area contributed by atoms with Gasteiger partial charge in [0.1, 0.15) is 10.0 Å². The highest BCUT2D eigenvalue weighted by Crippen LogP contribution is 2.34. The summed E-state index contributed by atoms with van der Waals surface area (Å²) in [6.45, 7) is 20.7. The predicted octanol–water partition coefficient (Wildman–Crippen LogP) is 12.8. The monoisotopic (exact) mass is 791 g/mol. The maximum atomic E-state index is 5.18. The maximum absolute atomic E-state index is 5.18. The number of benzene rings is 3. The molecule has 0 saturated carbocycles. The molecule has 1 radical (unpaired) electrons. The van der Waals surface area contributed by atoms with Crippen LogP contribution in [0.1, 0.15) is 60.4 Å². The quantitative estimate of drug-likeness (QED) is 0.0859. The number of allylic oxidation sites excluding steroid dienone is 12. The highest BCUT2D eigenvalue weighted by atomic mass is 32.1. The normalized spacial score (nSPS) is 13.1. The number of hydrogen-bond acceptors (Lipinski definition) is 7. The van der Waals surface area contributed by atoms with Gasteiger partial charge in [0.2, 0.25) is 0 Å². The summed E-state index contributed by atoms with van der Waals surface area (Å²) < 4.78 is 4.54. The lowest BCUT2D eigenvalue weighted by Crippen LogP contribution is -2.24. The van der Waals surface area contributed by atoms with Crippen LogP contribution in [-0.2, 0) is 0 Å². The smallest absolute Gasteiger partial charge is 0.172 e. The molecule has 7 aromatic rings. The molecule has 0 aliphatic heterocycles. The van der Waals surface area contributed by atoms with Gasteiger partial charge in [-0.15, -0.1) is 22.7 Å². The zero-order valence-electron chi connectivity index (χ0n) is 33.7. The number of para-hydroxylation sites is 1. The topological polar surface area (TPSA) is 69.4 Å². The summed E-state index contributed by atoms with van der Waals surface area (Å²) >= 11 is 3.38. The molecule has 58 heavy (non-hydrogen) atoms. The van der Waals surface area contributed by atoms with Crippen LogP contribution in [0.2, 0.25) is 6.82 Å². The van der Waals surface area contributed by atoms with Gasteiger partial charge in [0, 0.05) is 39.2 Å². The van der Waals surface area contributed by atoms with E-state index in [9.17, 15) is 0 Å². The highest BCUT2D eigenvalue weighted by Gasteiger charge is 2.20. The van der Waals surface area contributed by atoms with Gasteiger partial charge >= 0.3 is 0 Å². The van der Waals surface area contributed by atoms with Gasteiger partial charge in [0.05, 0.1) is 20.4 Å². The lowest BCUT2D eigenvalue weighted by atomic mass is 9.75. The van der Waals surface area contributed by atoms with E-state index in [0.29, 0.717) is 17.5 Å². The van der Waals surface area contributed by atoms with E-state index >= 15 is 0 Å². The summed E-state index contributed by atoms with van der Waals surface area (Å²) in [5.74, 6) is 1.75. The molecule has 0 atom stereocenters. The van der Waals surface area contributed by atoms with Crippen LogP contribution in [0.4, 0.5) is 0 Å². The van der Waals surface area contributed by atoms with E-state index in [-0.39, 0.29) is 0 Å². The Morgan fingerprint density at radius 1 is 0.741 bits per heavy atom. The van der Waals surface area contributed by atoms with Gasteiger partial charge in [-0.05, 0) is 99.9 Å². The summed E-state index contributed by atoms with van der Waals surface area (Å²) in [4.78, 5) is 24.9. The van der Waals surface area contributed by atoms with Crippen molar-refractivity contribution in [1.82, 2.24) is 29.5 Å². The van der Waals surface area contributed by atoms with Gasteiger partial charge < -0.3 is 4.57 Å². The third-order valence-electron chi connectivity index (χ3n) is 9.67. The lowest BCUT2D eigenvalue weighted by Gasteiger charge is -2.13. The zero-order valence-corrected chi connectivity index (χ0v) is 35.3. The molecule has 0 fully saturated rings. The molecule has 9 heteroatoms. The van der Waals surface area contributed by atoms with Crippen LogP contribution in [-0.4, -0.2) is 36.8 Å². The molecule has 4 heterocycles. The first-order valence-corrected chi connectivity index (χ1v) is 20.8. The summed E-state index contributed by atoms with van der Waals surface area (Å²) in [6.07, 6.45) is 20.4. The van der Waals surface area contributed by atoms with Crippen molar-refractivity contribution < 1.29 is 0 Å². The van der Waals surface area contributed by atoms with Crippen LogP contribution in [0.25, 0.3) is 77.8 Å². The zero-order chi connectivity index (χ0) is 40.8. The summed E-state index contributed by atoms with van der Waals surface area (Å²) in [7, 11) is 2.17. The minimum atomic E-state index is 0.575. The van der Waals surface area contributed by atoms with E-state index in [4.69, 9.17) is 24.9 Å². The average molecular weight is 792 g/mol. The molecule has 0 N–H and O–H groups in total. The molecule has 0 spiro atoms. The maximum Gasteiger partial charge on any atom is 0.172 e. The van der Waals surface area contributed by atoms with Crippen molar-refractivity contribution in [2.45, 2.75) is 41.4 Å². The molecular formula is C49H44BN6S2. The number of fused-ring (bicyclic) bond motifs is 2. The second-order valence-electron chi connectivity index (χ2n) is 13.5. The first-order valence-electron chi connectivity index (χ1n) is 19.2. The standard InChI is InChI=1S/C49H44BN6S2/c1-9-19-34(20-10-2)45-53-46(35-22-15-14-16-23-35)55-47(54-45)36-26-27-43-41(30-36)52-49(58-43)33(12-4)29-37(13-5)56-32(7)39(38(21-11-3)44(56)50-8)28-31(6)48-51-40-24-17-18-25-42(40)57-48/h9-30H,1,5H2,2-4,6-8H3/b20-10-,21-11-,31-28+,33-12+,34-19+,37-29+. The number of thiazole rings is 2. The molecule has 285 valence electrons. The number of hydrogen-bond donors (Lipinski definition) is 0. The third-order valence-corrected chi connectivity index (χ3v) is 11.9. The Kier molecular flexibility index (Phi) is 12.3. The predicted molar refractivity (Wildman–Crippen MR) is 253 cm³/mol. The second-order valence-corrected chi connectivity index (χ2v) is 15.5. The van der Waals surface area contributed by atoms with Crippen LogP contribution in [0.5, 0.6) is 0 Å².